The summed E-state index contributed by atoms with van der Waals surface area (Å²) in [6, 6.07) is 9.94. The number of ether oxygens (including phenoxy) is 1. The summed E-state index contributed by atoms with van der Waals surface area (Å²) < 4.78 is 31.2. The van der Waals surface area contributed by atoms with Gasteiger partial charge in [0.1, 0.15) is 17.4 Å². The molecule has 0 heterocycles. The van der Waals surface area contributed by atoms with E-state index in [2.05, 4.69) is 10.6 Å². The third-order valence-corrected chi connectivity index (χ3v) is 3.24. The zero-order valence-corrected chi connectivity index (χ0v) is 12.9. The van der Waals surface area contributed by atoms with Gasteiger partial charge in [0.05, 0.1) is 12.8 Å². The first-order chi connectivity index (χ1) is 11.5. The number of nitrogens with one attached hydrogen (secondary N) is 2. The van der Waals surface area contributed by atoms with Crippen molar-refractivity contribution in [2.24, 2.45) is 0 Å². The largest absolute Gasteiger partial charge is 0.497 e. The summed E-state index contributed by atoms with van der Waals surface area (Å²) >= 11 is 0. The summed E-state index contributed by atoms with van der Waals surface area (Å²) in [4.78, 5) is 23.4. The van der Waals surface area contributed by atoms with Crippen LogP contribution in [-0.4, -0.2) is 25.5 Å². The minimum absolute atomic E-state index is 0.241. The van der Waals surface area contributed by atoms with Crippen LogP contribution < -0.4 is 15.4 Å². The van der Waals surface area contributed by atoms with Gasteiger partial charge in [-0.2, -0.15) is 0 Å². The quantitative estimate of drug-likeness (QED) is 0.825. The fraction of sp³-hybridized carbons (Fsp3) is 0.176. The standard InChI is InChI=1S/C17H16F2N2O3/c1-24-13-5-2-11(3-6-13)8-9-20-16(22)17(23)21-15-7-4-12(18)10-14(15)19/h2-7,10H,8-9H2,1H3,(H,20,22)(H,21,23). The van der Waals surface area contributed by atoms with Crippen molar-refractivity contribution in [3.05, 3.63) is 59.7 Å². The molecule has 0 aliphatic carbocycles. The van der Waals surface area contributed by atoms with Crippen LogP contribution in [0.15, 0.2) is 42.5 Å². The molecule has 0 aliphatic heterocycles. The van der Waals surface area contributed by atoms with Crippen molar-refractivity contribution in [3.63, 3.8) is 0 Å². The van der Waals surface area contributed by atoms with Crippen molar-refractivity contribution < 1.29 is 23.1 Å². The lowest BCUT2D eigenvalue weighted by atomic mass is 10.1. The maximum atomic E-state index is 13.4. The lowest BCUT2D eigenvalue weighted by molar-refractivity contribution is -0.136. The van der Waals surface area contributed by atoms with Gasteiger partial charge in [0.2, 0.25) is 0 Å². The Morgan fingerprint density at radius 2 is 1.75 bits per heavy atom. The zero-order valence-electron chi connectivity index (χ0n) is 12.9. The van der Waals surface area contributed by atoms with Crippen molar-refractivity contribution in [2.45, 2.75) is 6.42 Å². The van der Waals surface area contributed by atoms with Crippen LogP contribution in [0.3, 0.4) is 0 Å². The zero-order chi connectivity index (χ0) is 17.5. The smallest absolute Gasteiger partial charge is 0.313 e. The molecule has 0 aromatic heterocycles. The monoisotopic (exact) mass is 334 g/mol. The van der Waals surface area contributed by atoms with Crippen LogP contribution in [0.4, 0.5) is 14.5 Å². The normalized spacial score (nSPS) is 10.1. The van der Waals surface area contributed by atoms with Crippen molar-refractivity contribution >= 4 is 17.5 Å². The molecular weight excluding hydrogens is 318 g/mol. The van der Waals surface area contributed by atoms with Crippen LogP contribution in [0.5, 0.6) is 5.75 Å². The van der Waals surface area contributed by atoms with Crippen molar-refractivity contribution in [1.82, 2.24) is 5.32 Å². The van der Waals surface area contributed by atoms with Crippen molar-refractivity contribution in [1.29, 1.82) is 0 Å². The molecule has 24 heavy (non-hydrogen) atoms. The summed E-state index contributed by atoms with van der Waals surface area (Å²) in [5, 5.41) is 4.52. The summed E-state index contributed by atoms with van der Waals surface area (Å²) in [6.45, 7) is 0.241. The van der Waals surface area contributed by atoms with E-state index in [0.717, 1.165) is 23.4 Å². The molecule has 126 valence electrons. The Morgan fingerprint density at radius 1 is 1.04 bits per heavy atom. The second-order valence-corrected chi connectivity index (χ2v) is 4.93. The molecule has 0 bridgehead atoms. The van der Waals surface area contributed by atoms with Gasteiger partial charge in [0.25, 0.3) is 0 Å². The number of anilines is 1. The third-order valence-electron chi connectivity index (χ3n) is 3.24. The van der Waals surface area contributed by atoms with Gasteiger partial charge in [0.15, 0.2) is 0 Å². The topological polar surface area (TPSA) is 67.4 Å². The van der Waals surface area contributed by atoms with Gasteiger partial charge < -0.3 is 15.4 Å². The molecule has 5 nitrogen and oxygen atoms in total. The minimum Gasteiger partial charge on any atom is -0.497 e. The Labute approximate surface area is 137 Å². The van der Waals surface area contributed by atoms with Crippen LogP contribution >= 0.6 is 0 Å². The maximum absolute atomic E-state index is 13.4. The molecule has 2 aromatic carbocycles. The number of carbonyl (C=O) groups excluding carboxylic acids is 2. The van der Waals surface area contributed by atoms with E-state index in [1.165, 1.54) is 0 Å². The number of methoxy groups -OCH3 is 1. The van der Waals surface area contributed by atoms with E-state index in [0.29, 0.717) is 12.5 Å². The van der Waals surface area contributed by atoms with Crippen molar-refractivity contribution in [2.75, 3.05) is 19.0 Å². The lowest BCUT2D eigenvalue weighted by Crippen LogP contribution is -2.36. The van der Waals surface area contributed by atoms with Gasteiger partial charge >= 0.3 is 11.8 Å². The molecule has 0 saturated carbocycles. The number of carbonyl (C=O) groups is 2. The van der Waals surface area contributed by atoms with E-state index in [4.69, 9.17) is 4.74 Å². The highest BCUT2D eigenvalue weighted by Crippen LogP contribution is 2.14. The Balaban J connectivity index is 1.81. The number of hydrogen-bond donors (Lipinski definition) is 2. The molecule has 2 aromatic rings. The first-order valence-electron chi connectivity index (χ1n) is 7.17. The Morgan fingerprint density at radius 3 is 2.38 bits per heavy atom. The molecule has 0 fully saturated rings. The summed E-state index contributed by atoms with van der Waals surface area (Å²) in [5.74, 6) is -2.91. The number of halogens is 2. The van der Waals surface area contributed by atoms with Gasteiger partial charge in [-0.15, -0.1) is 0 Å². The van der Waals surface area contributed by atoms with Gasteiger partial charge in [-0.3, -0.25) is 9.59 Å². The van der Waals surface area contributed by atoms with Crippen LogP contribution in [0.25, 0.3) is 0 Å². The highest BCUT2D eigenvalue weighted by Gasteiger charge is 2.15. The van der Waals surface area contributed by atoms with E-state index in [1.54, 1.807) is 19.2 Å². The van der Waals surface area contributed by atoms with Crippen LogP contribution in [0.1, 0.15) is 5.56 Å². The molecule has 0 atom stereocenters. The molecule has 0 radical (unpaired) electrons. The van der Waals surface area contributed by atoms with E-state index < -0.39 is 23.4 Å². The van der Waals surface area contributed by atoms with Crippen LogP contribution in [0.2, 0.25) is 0 Å². The molecule has 0 unspecified atom stereocenters. The third kappa shape index (κ3) is 4.77. The van der Waals surface area contributed by atoms with Gasteiger partial charge in [0, 0.05) is 12.6 Å². The summed E-state index contributed by atoms with van der Waals surface area (Å²) in [5.41, 5.74) is 0.702. The number of rotatable bonds is 5. The Bertz CT molecular complexity index is 733. The van der Waals surface area contributed by atoms with Crippen molar-refractivity contribution in [3.8, 4) is 5.75 Å². The van der Waals surface area contributed by atoms with Crippen LogP contribution in [0, 0.1) is 11.6 Å². The van der Waals surface area contributed by atoms with Gasteiger partial charge in [-0.25, -0.2) is 8.78 Å². The minimum atomic E-state index is -1.02. The van der Waals surface area contributed by atoms with Gasteiger partial charge in [-0.1, -0.05) is 12.1 Å². The molecule has 2 rings (SSSR count). The molecular formula is C17H16F2N2O3. The predicted octanol–water partition coefficient (Wildman–Crippen LogP) is 2.27. The molecule has 0 aliphatic rings. The van der Waals surface area contributed by atoms with E-state index in [1.807, 2.05) is 12.1 Å². The summed E-state index contributed by atoms with van der Waals surface area (Å²) in [6.07, 6.45) is 0.522. The SMILES string of the molecule is COc1ccc(CCNC(=O)C(=O)Nc2ccc(F)cc2F)cc1. The number of amides is 2. The first kappa shape index (κ1) is 17.4. The second-order valence-electron chi connectivity index (χ2n) is 4.93. The van der Waals surface area contributed by atoms with E-state index in [-0.39, 0.29) is 12.2 Å². The van der Waals surface area contributed by atoms with Crippen LogP contribution in [-0.2, 0) is 16.0 Å². The fourth-order valence-electron chi connectivity index (χ4n) is 1.96. The average molecular weight is 334 g/mol. The fourth-order valence-corrected chi connectivity index (χ4v) is 1.96. The lowest BCUT2D eigenvalue weighted by Gasteiger charge is -2.08. The average Bonchev–Trinajstić information content (AvgIpc) is 2.57. The molecule has 2 amide bonds. The Kier molecular flexibility index (Phi) is 5.83. The molecule has 0 saturated heterocycles. The predicted molar refractivity (Wildman–Crippen MR) is 84.7 cm³/mol. The molecule has 7 heteroatoms. The maximum Gasteiger partial charge on any atom is 0.313 e. The second kappa shape index (κ2) is 8.05. The van der Waals surface area contributed by atoms with E-state index in [9.17, 15) is 18.4 Å². The van der Waals surface area contributed by atoms with Gasteiger partial charge in [-0.05, 0) is 36.2 Å². The number of benzene rings is 2. The molecule has 0 spiro atoms. The van der Waals surface area contributed by atoms with E-state index >= 15 is 0 Å². The summed E-state index contributed by atoms with van der Waals surface area (Å²) in [7, 11) is 1.57. The first-order valence-corrected chi connectivity index (χ1v) is 7.17. The highest BCUT2D eigenvalue weighted by atomic mass is 19.1. The Hall–Kier alpha value is -2.96. The molecule has 2 N–H and O–H groups in total. The number of hydrogen-bond acceptors (Lipinski definition) is 3. The highest BCUT2D eigenvalue weighted by molar-refractivity contribution is 6.39.